The predicted octanol–water partition coefficient (Wildman–Crippen LogP) is 4.03. The summed E-state index contributed by atoms with van der Waals surface area (Å²) in [5, 5.41) is 0. The van der Waals surface area contributed by atoms with Gasteiger partial charge in [0, 0.05) is 23.0 Å². The van der Waals surface area contributed by atoms with Crippen LogP contribution in [0.25, 0.3) is 17.4 Å². The smallest absolute Gasteiger partial charge is 0.363 e. The zero-order valence-corrected chi connectivity index (χ0v) is 12.2. The van der Waals surface area contributed by atoms with Crippen molar-refractivity contribution in [3.8, 4) is 11.3 Å². The lowest BCUT2D eigenvalue weighted by Gasteiger charge is -1.96. The molecule has 20 heavy (non-hydrogen) atoms. The average molecular weight is 332 g/mol. The average Bonchev–Trinajstić information content (AvgIpc) is 2.98. The Kier molecular flexibility index (Phi) is 3.28. The molecule has 4 nitrogen and oxygen atoms in total. The van der Waals surface area contributed by atoms with Crippen molar-refractivity contribution in [3.05, 3.63) is 52.3 Å². The van der Waals surface area contributed by atoms with E-state index in [9.17, 15) is 4.79 Å². The van der Waals surface area contributed by atoms with E-state index in [1.165, 1.54) is 0 Å². The molecular formula is C15H10BrNO3. The maximum atomic E-state index is 11.5. The third-order valence-corrected chi connectivity index (χ3v) is 3.29. The third-order valence-electron chi connectivity index (χ3n) is 2.76. The van der Waals surface area contributed by atoms with Gasteiger partial charge in [0.25, 0.3) is 0 Å². The Hall–Kier alpha value is -2.14. The fourth-order valence-corrected chi connectivity index (χ4v) is 2.11. The summed E-state index contributed by atoms with van der Waals surface area (Å²) in [6.07, 6.45) is 1.57. The van der Waals surface area contributed by atoms with Gasteiger partial charge in [0.05, 0.1) is 0 Å². The highest BCUT2D eigenvalue weighted by Gasteiger charge is 2.20. The van der Waals surface area contributed by atoms with E-state index in [0.717, 1.165) is 15.8 Å². The molecule has 0 spiro atoms. The van der Waals surface area contributed by atoms with Gasteiger partial charge in [0.15, 0.2) is 11.6 Å². The maximum Gasteiger partial charge on any atom is 0.363 e. The minimum Gasteiger partial charge on any atom is -0.457 e. The van der Waals surface area contributed by atoms with Gasteiger partial charge in [-0.2, -0.15) is 0 Å². The van der Waals surface area contributed by atoms with Crippen LogP contribution in [-0.2, 0) is 9.53 Å². The molecule has 0 unspecified atom stereocenters. The molecule has 3 rings (SSSR count). The number of hydrogen-bond donors (Lipinski definition) is 0. The zero-order valence-electron chi connectivity index (χ0n) is 10.6. The van der Waals surface area contributed by atoms with E-state index < -0.39 is 5.97 Å². The quantitative estimate of drug-likeness (QED) is 0.616. The van der Waals surface area contributed by atoms with Gasteiger partial charge in [-0.3, -0.25) is 0 Å². The number of esters is 1. The number of aliphatic imine (C=N–C) groups is 1. The molecule has 100 valence electrons. The van der Waals surface area contributed by atoms with Crippen molar-refractivity contribution in [1.82, 2.24) is 0 Å². The molecule has 0 bridgehead atoms. The summed E-state index contributed by atoms with van der Waals surface area (Å²) < 4.78 is 11.5. The van der Waals surface area contributed by atoms with E-state index in [1.807, 2.05) is 30.3 Å². The molecule has 0 saturated heterocycles. The molecule has 0 amide bonds. The number of furan rings is 1. The summed E-state index contributed by atoms with van der Waals surface area (Å²) in [5.74, 6) is 1.19. The van der Waals surface area contributed by atoms with Crippen molar-refractivity contribution < 1.29 is 13.9 Å². The van der Waals surface area contributed by atoms with Crippen LogP contribution >= 0.6 is 15.9 Å². The van der Waals surface area contributed by atoms with E-state index in [0.29, 0.717) is 11.7 Å². The fraction of sp³-hybridized carbons (Fsp3) is 0.0667. The van der Waals surface area contributed by atoms with Crippen molar-refractivity contribution in [2.45, 2.75) is 6.92 Å². The number of benzene rings is 1. The van der Waals surface area contributed by atoms with E-state index >= 15 is 0 Å². The Bertz CT molecular complexity index is 726. The second-order valence-electron chi connectivity index (χ2n) is 4.26. The molecule has 0 fully saturated rings. The summed E-state index contributed by atoms with van der Waals surface area (Å²) in [4.78, 5) is 15.4. The highest BCUT2D eigenvalue weighted by Crippen LogP contribution is 2.25. The van der Waals surface area contributed by atoms with Crippen LogP contribution < -0.4 is 0 Å². The number of cyclic esters (lactones) is 1. The predicted molar refractivity (Wildman–Crippen MR) is 79.0 cm³/mol. The first kappa shape index (κ1) is 12.9. The van der Waals surface area contributed by atoms with Crippen molar-refractivity contribution in [3.63, 3.8) is 0 Å². The van der Waals surface area contributed by atoms with Crippen LogP contribution in [0.15, 0.2) is 56.0 Å². The second-order valence-corrected chi connectivity index (χ2v) is 5.17. The highest BCUT2D eigenvalue weighted by molar-refractivity contribution is 9.10. The van der Waals surface area contributed by atoms with Gasteiger partial charge < -0.3 is 9.15 Å². The van der Waals surface area contributed by atoms with Gasteiger partial charge in [-0.25, -0.2) is 9.79 Å². The molecule has 2 aromatic rings. The van der Waals surface area contributed by atoms with Crippen LogP contribution in [0.3, 0.4) is 0 Å². The minimum atomic E-state index is -0.455. The van der Waals surface area contributed by atoms with Crippen LogP contribution in [0.5, 0.6) is 0 Å². The SMILES string of the molecule is CC1=N/C(=C\c2ccc(-c3ccc(Br)cc3)o2)C(=O)O1. The number of carbonyl (C=O) groups excluding carboxylic acids is 1. The molecule has 1 aliphatic rings. The number of hydrogen-bond acceptors (Lipinski definition) is 4. The number of ether oxygens (including phenoxy) is 1. The summed E-state index contributed by atoms with van der Waals surface area (Å²) in [6.45, 7) is 1.63. The Balaban J connectivity index is 1.89. The van der Waals surface area contributed by atoms with Crippen LogP contribution in [0.1, 0.15) is 12.7 Å². The van der Waals surface area contributed by atoms with Gasteiger partial charge in [0.1, 0.15) is 11.5 Å². The standard InChI is InChI=1S/C15H10BrNO3/c1-9-17-13(15(18)19-9)8-12-6-7-14(20-12)10-2-4-11(16)5-3-10/h2-8H,1H3/b13-8-. The lowest BCUT2D eigenvalue weighted by molar-refractivity contribution is -0.130. The number of halogens is 1. The van der Waals surface area contributed by atoms with Gasteiger partial charge in [-0.05, 0) is 24.3 Å². The Morgan fingerprint density at radius 2 is 1.90 bits per heavy atom. The summed E-state index contributed by atoms with van der Waals surface area (Å²) in [6, 6.07) is 11.4. The van der Waals surface area contributed by atoms with Gasteiger partial charge in [0.2, 0.25) is 0 Å². The largest absolute Gasteiger partial charge is 0.457 e. The molecular weight excluding hydrogens is 322 g/mol. The van der Waals surface area contributed by atoms with Crippen molar-refractivity contribution in [2.75, 3.05) is 0 Å². The number of rotatable bonds is 2. The Morgan fingerprint density at radius 3 is 2.55 bits per heavy atom. The van der Waals surface area contributed by atoms with Gasteiger partial charge in [-0.1, -0.05) is 28.1 Å². The fourth-order valence-electron chi connectivity index (χ4n) is 1.85. The number of nitrogens with zero attached hydrogens (tertiary/aromatic N) is 1. The van der Waals surface area contributed by atoms with E-state index in [-0.39, 0.29) is 5.70 Å². The normalized spacial score (nSPS) is 16.4. The monoisotopic (exact) mass is 331 g/mol. The van der Waals surface area contributed by atoms with Crippen LogP contribution in [0.4, 0.5) is 0 Å². The highest BCUT2D eigenvalue weighted by atomic mass is 79.9. The van der Waals surface area contributed by atoms with Crippen molar-refractivity contribution >= 4 is 33.9 Å². The third kappa shape index (κ3) is 2.58. The Morgan fingerprint density at radius 1 is 1.15 bits per heavy atom. The molecule has 0 radical (unpaired) electrons. The van der Waals surface area contributed by atoms with Crippen molar-refractivity contribution in [2.24, 2.45) is 4.99 Å². The lowest BCUT2D eigenvalue weighted by atomic mass is 10.2. The Labute approximate surface area is 123 Å². The molecule has 0 saturated carbocycles. The lowest BCUT2D eigenvalue weighted by Crippen LogP contribution is -1.99. The van der Waals surface area contributed by atoms with Crippen molar-refractivity contribution in [1.29, 1.82) is 0 Å². The summed E-state index contributed by atoms with van der Waals surface area (Å²) >= 11 is 3.39. The van der Waals surface area contributed by atoms with E-state index in [4.69, 9.17) is 9.15 Å². The molecule has 0 aliphatic carbocycles. The number of carbonyl (C=O) groups is 1. The summed E-state index contributed by atoms with van der Waals surface area (Å²) in [5.41, 5.74) is 1.21. The first-order chi connectivity index (χ1) is 9.61. The van der Waals surface area contributed by atoms with Crippen LogP contribution in [0, 0.1) is 0 Å². The maximum absolute atomic E-state index is 11.5. The molecule has 5 heteroatoms. The molecule has 0 N–H and O–H groups in total. The van der Waals surface area contributed by atoms with E-state index in [1.54, 1.807) is 19.1 Å². The molecule has 0 atom stereocenters. The molecule has 1 aliphatic heterocycles. The van der Waals surface area contributed by atoms with Gasteiger partial charge >= 0.3 is 5.97 Å². The van der Waals surface area contributed by atoms with Crippen LogP contribution in [-0.4, -0.2) is 11.9 Å². The zero-order chi connectivity index (χ0) is 14.1. The van der Waals surface area contributed by atoms with E-state index in [2.05, 4.69) is 20.9 Å². The molecule has 2 heterocycles. The summed E-state index contributed by atoms with van der Waals surface area (Å²) in [7, 11) is 0. The first-order valence-electron chi connectivity index (χ1n) is 5.97. The van der Waals surface area contributed by atoms with Crippen LogP contribution in [0.2, 0.25) is 0 Å². The molecule has 1 aromatic heterocycles. The topological polar surface area (TPSA) is 51.8 Å². The second kappa shape index (κ2) is 5.09. The van der Waals surface area contributed by atoms with Gasteiger partial charge in [-0.15, -0.1) is 0 Å². The first-order valence-corrected chi connectivity index (χ1v) is 6.76. The minimum absolute atomic E-state index is 0.249. The molecule has 1 aromatic carbocycles.